The molecule has 2 fully saturated rings. The predicted molar refractivity (Wildman–Crippen MR) is 159 cm³/mol. The quantitative estimate of drug-likeness (QED) is 0.440. The molecule has 0 radical (unpaired) electrons. The van der Waals surface area contributed by atoms with E-state index in [1.165, 1.54) is 12.1 Å². The van der Waals surface area contributed by atoms with E-state index >= 15 is 0 Å². The standard InChI is InChI=1S/C33H34F2N4O3S/c1-31(17-21-13-24(34)16-25(35)14-21)20-37-33(8-2-3-9-33)30(41)39(31)11-12-43(42)26-7-6-22-18-32(19-23(22)15-26)27-5-4-10-36-28(27)38-29(32)40/h4-7,10,13-16,37H,2-3,8-9,11-12,17-20H2,1H3,(H,36,38,40)/t31-,32-,43?/m1/s1. The van der Waals surface area contributed by atoms with Crippen LogP contribution in [-0.4, -0.2) is 55.8 Å². The fourth-order valence-electron chi connectivity index (χ4n) is 7.76. The van der Waals surface area contributed by atoms with Crippen LogP contribution in [0.2, 0.25) is 0 Å². The average molecular weight is 605 g/mol. The molecule has 2 aliphatic carbocycles. The second kappa shape index (κ2) is 10.3. The molecule has 1 unspecified atom stereocenters. The Balaban J connectivity index is 1.12. The van der Waals surface area contributed by atoms with Gasteiger partial charge in [0.1, 0.15) is 17.5 Å². The van der Waals surface area contributed by atoms with Crippen molar-refractivity contribution in [1.29, 1.82) is 0 Å². The molecule has 2 spiro atoms. The Hall–Kier alpha value is -3.50. The number of fused-ring (bicyclic) bond motifs is 3. The summed E-state index contributed by atoms with van der Waals surface area (Å²) >= 11 is 0. The minimum atomic E-state index is -1.41. The Morgan fingerprint density at radius 1 is 1.00 bits per heavy atom. The topological polar surface area (TPSA) is 91.4 Å². The van der Waals surface area contributed by atoms with E-state index in [1.54, 1.807) is 6.20 Å². The van der Waals surface area contributed by atoms with Crippen molar-refractivity contribution in [2.75, 3.05) is 24.2 Å². The van der Waals surface area contributed by atoms with Gasteiger partial charge in [0.05, 0.1) is 27.3 Å². The number of nitrogens with zero attached hydrogens (tertiary/aromatic N) is 2. The highest BCUT2D eigenvalue weighted by atomic mass is 32.2. The van der Waals surface area contributed by atoms with Crippen molar-refractivity contribution in [3.05, 3.63) is 88.6 Å². The molecule has 2 aromatic carbocycles. The number of anilines is 1. The van der Waals surface area contributed by atoms with Gasteiger partial charge in [0.25, 0.3) is 0 Å². The third kappa shape index (κ3) is 4.70. The molecule has 1 saturated carbocycles. The third-order valence-corrected chi connectivity index (χ3v) is 11.3. The number of aromatic nitrogens is 1. The first-order valence-corrected chi connectivity index (χ1v) is 16.2. The fraction of sp³-hybridized carbons (Fsp3) is 0.424. The summed E-state index contributed by atoms with van der Waals surface area (Å²) in [5.74, 6) is -0.553. The molecule has 2 N–H and O–H groups in total. The normalized spacial score (nSPS) is 26.2. The average Bonchev–Trinajstić information content (AvgIpc) is 3.67. The van der Waals surface area contributed by atoms with E-state index in [0.717, 1.165) is 48.4 Å². The molecule has 4 aliphatic rings. The zero-order chi connectivity index (χ0) is 30.0. The molecule has 10 heteroatoms. The van der Waals surface area contributed by atoms with E-state index in [0.29, 0.717) is 35.7 Å². The van der Waals surface area contributed by atoms with Gasteiger partial charge in [0.15, 0.2) is 0 Å². The summed E-state index contributed by atoms with van der Waals surface area (Å²) in [6, 6.07) is 13.0. The first-order chi connectivity index (χ1) is 20.6. The van der Waals surface area contributed by atoms with Crippen molar-refractivity contribution in [1.82, 2.24) is 15.2 Å². The maximum atomic E-state index is 14.0. The van der Waals surface area contributed by atoms with E-state index in [2.05, 4.69) is 15.6 Å². The second-order valence-electron chi connectivity index (χ2n) is 12.8. The van der Waals surface area contributed by atoms with Crippen LogP contribution in [0.5, 0.6) is 0 Å². The zero-order valence-corrected chi connectivity index (χ0v) is 24.9. The Morgan fingerprint density at radius 2 is 1.74 bits per heavy atom. The van der Waals surface area contributed by atoms with Gasteiger partial charge in [0.2, 0.25) is 11.8 Å². The Labute approximate surface area is 251 Å². The van der Waals surface area contributed by atoms with Crippen LogP contribution >= 0.6 is 0 Å². The lowest BCUT2D eigenvalue weighted by Gasteiger charge is -2.52. The maximum Gasteiger partial charge on any atom is 0.243 e. The molecule has 7 rings (SSSR count). The Morgan fingerprint density at radius 3 is 2.51 bits per heavy atom. The molecule has 3 aromatic rings. The van der Waals surface area contributed by atoms with Crippen molar-refractivity contribution in [3.8, 4) is 0 Å². The minimum absolute atomic E-state index is 0.0250. The summed E-state index contributed by atoms with van der Waals surface area (Å²) in [7, 11) is -1.41. The summed E-state index contributed by atoms with van der Waals surface area (Å²) < 4.78 is 41.8. The lowest BCUT2D eigenvalue weighted by molar-refractivity contribution is -0.149. The highest BCUT2D eigenvalue weighted by Gasteiger charge is 2.53. The molecule has 224 valence electrons. The number of amides is 2. The van der Waals surface area contributed by atoms with Crippen molar-refractivity contribution in [2.45, 2.75) is 73.3 Å². The van der Waals surface area contributed by atoms with Crippen LogP contribution in [0, 0.1) is 11.6 Å². The number of pyridine rings is 1. The van der Waals surface area contributed by atoms with Gasteiger partial charge in [-0.3, -0.25) is 13.8 Å². The van der Waals surface area contributed by atoms with Gasteiger partial charge in [-0.2, -0.15) is 0 Å². The van der Waals surface area contributed by atoms with E-state index in [9.17, 15) is 22.6 Å². The van der Waals surface area contributed by atoms with Crippen LogP contribution in [0.4, 0.5) is 14.6 Å². The molecule has 2 aliphatic heterocycles. The summed E-state index contributed by atoms with van der Waals surface area (Å²) in [5, 5.41) is 6.43. The van der Waals surface area contributed by atoms with Crippen LogP contribution < -0.4 is 10.6 Å². The van der Waals surface area contributed by atoms with E-state index in [-0.39, 0.29) is 30.5 Å². The summed E-state index contributed by atoms with van der Waals surface area (Å²) in [6.45, 7) is 2.66. The third-order valence-electron chi connectivity index (χ3n) is 9.99. The molecule has 7 nitrogen and oxygen atoms in total. The molecule has 1 aromatic heterocycles. The zero-order valence-electron chi connectivity index (χ0n) is 24.1. The number of hydrogen-bond acceptors (Lipinski definition) is 5. The molecular weight excluding hydrogens is 570 g/mol. The van der Waals surface area contributed by atoms with Crippen molar-refractivity contribution in [3.63, 3.8) is 0 Å². The molecule has 3 heterocycles. The van der Waals surface area contributed by atoms with Gasteiger partial charge < -0.3 is 15.5 Å². The molecule has 3 atom stereocenters. The van der Waals surface area contributed by atoms with Gasteiger partial charge in [-0.15, -0.1) is 0 Å². The van der Waals surface area contributed by atoms with Gasteiger partial charge in [-0.1, -0.05) is 25.0 Å². The number of rotatable bonds is 6. The van der Waals surface area contributed by atoms with Gasteiger partial charge in [-0.25, -0.2) is 13.8 Å². The van der Waals surface area contributed by atoms with Crippen LogP contribution in [0.15, 0.2) is 59.6 Å². The highest BCUT2D eigenvalue weighted by Crippen LogP contribution is 2.47. The fourth-order valence-corrected chi connectivity index (χ4v) is 8.84. The maximum absolute atomic E-state index is 14.0. The smallest absolute Gasteiger partial charge is 0.243 e. The van der Waals surface area contributed by atoms with Gasteiger partial charge in [0, 0.05) is 41.6 Å². The lowest BCUT2D eigenvalue weighted by Crippen LogP contribution is -2.72. The SMILES string of the molecule is C[C@@]1(Cc2cc(F)cc(F)c2)CNC2(CCCC2)C(=O)N1CCS(=O)c1ccc2c(c1)C[C@@]1(C2)C(=O)Nc2ncccc21. The minimum Gasteiger partial charge on any atom is -0.333 e. The summed E-state index contributed by atoms with van der Waals surface area (Å²) in [4.78, 5) is 33.9. The van der Waals surface area contributed by atoms with Crippen LogP contribution in [0.3, 0.4) is 0 Å². The number of piperazine rings is 1. The molecule has 1 saturated heterocycles. The number of hydrogen-bond donors (Lipinski definition) is 2. The van der Waals surface area contributed by atoms with Crippen molar-refractivity contribution < 1.29 is 22.6 Å². The second-order valence-corrected chi connectivity index (χ2v) is 14.4. The van der Waals surface area contributed by atoms with Gasteiger partial charge >= 0.3 is 0 Å². The Bertz CT molecular complexity index is 1660. The van der Waals surface area contributed by atoms with Crippen LogP contribution in [-0.2, 0) is 45.1 Å². The van der Waals surface area contributed by atoms with Crippen molar-refractivity contribution in [2.24, 2.45) is 0 Å². The van der Waals surface area contributed by atoms with E-state index in [4.69, 9.17) is 0 Å². The van der Waals surface area contributed by atoms with E-state index < -0.39 is 38.9 Å². The molecule has 43 heavy (non-hydrogen) atoms. The number of carbonyl (C=O) groups is 2. The van der Waals surface area contributed by atoms with Crippen molar-refractivity contribution >= 4 is 28.4 Å². The summed E-state index contributed by atoms with van der Waals surface area (Å²) in [6.07, 6.45) is 6.42. The lowest BCUT2D eigenvalue weighted by atomic mass is 9.79. The highest BCUT2D eigenvalue weighted by molar-refractivity contribution is 7.85. The largest absolute Gasteiger partial charge is 0.333 e. The first-order valence-electron chi connectivity index (χ1n) is 14.9. The number of halogens is 2. The molecule has 2 amide bonds. The number of nitrogens with one attached hydrogen (secondary N) is 2. The molecule has 0 bridgehead atoms. The monoisotopic (exact) mass is 604 g/mol. The van der Waals surface area contributed by atoms with Gasteiger partial charge in [-0.05, 0) is 86.1 Å². The molecular formula is C33H34F2N4O3S. The Kier molecular flexibility index (Phi) is 6.77. The summed E-state index contributed by atoms with van der Waals surface area (Å²) in [5.41, 5.74) is 1.34. The van der Waals surface area contributed by atoms with E-state index in [1.807, 2.05) is 42.2 Å². The predicted octanol–water partition coefficient (Wildman–Crippen LogP) is 4.20. The number of benzene rings is 2. The van der Waals surface area contributed by atoms with Crippen LogP contribution in [0.1, 0.15) is 54.9 Å². The first kappa shape index (κ1) is 28.3. The van der Waals surface area contributed by atoms with Crippen LogP contribution in [0.25, 0.3) is 0 Å². The number of carbonyl (C=O) groups excluding carboxylic acids is 2.